The molecule has 0 saturated carbocycles. The lowest BCUT2D eigenvalue weighted by atomic mass is 9.90. The van der Waals surface area contributed by atoms with E-state index in [4.69, 9.17) is 9.72 Å². The summed E-state index contributed by atoms with van der Waals surface area (Å²) in [5.74, 6) is 2.90. The van der Waals surface area contributed by atoms with E-state index >= 15 is 0 Å². The van der Waals surface area contributed by atoms with Crippen LogP contribution in [0.5, 0.6) is 5.75 Å². The van der Waals surface area contributed by atoms with Crippen LogP contribution in [0.3, 0.4) is 0 Å². The fraction of sp³-hybridized carbons (Fsp3) is 0.350. The Hall–Kier alpha value is -1.94. The number of nitrogens with one attached hydrogen (secondary N) is 1. The minimum absolute atomic E-state index is 0.0788. The monoisotopic (exact) mass is 340 g/mol. The van der Waals surface area contributed by atoms with Crippen molar-refractivity contribution in [3.05, 3.63) is 53.9 Å². The van der Waals surface area contributed by atoms with Crippen LogP contribution in [0.1, 0.15) is 38.6 Å². The summed E-state index contributed by atoms with van der Waals surface area (Å²) in [6.45, 7) is 6.65. The van der Waals surface area contributed by atoms with Crippen LogP contribution in [0.4, 0.5) is 0 Å². The summed E-state index contributed by atoms with van der Waals surface area (Å²) in [7, 11) is 1.69. The molecular formula is C20H24N2OS. The number of thioether (sulfide) groups is 1. The molecule has 0 amide bonds. The number of fused-ring (bicyclic) bond motifs is 1. The smallest absolute Gasteiger partial charge is 0.118 e. The SMILES string of the molecule is CCC(C)(C)c1nc2cc(SCc3ccc(OC)cc3)ccc2[nH]1. The van der Waals surface area contributed by atoms with Crippen LogP contribution < -0.4 is 4.74 Å². The van der Waals surface area contributed by atoms with Gasteiger partial charge in [-0.1, -0.05) is 32.9 Å². The predicted molar refractivity (Wildman–Crippen MR) is 102 cm³/mol. The number of nitrogens with zero attached hydrogens (tertiary/aromatic N) is 1. The molecule has 0 fully saturated rings. The molecule has 4 heteroatoms. The molecule has 3 aromatic rings. The van der Waals surface area contributed by atoms with Gasteiger partial charge in [0.1, 0.15) is 11.6 Å². The van der Waals surface area contributed by atoms with E-state index in [1.54, 1.807) is 7.11 Å². The number of benzene rings is 2. The van der Waals surface area contributed by atoms with E-state index in [0.717, 1.165) is 34.8 Å². The fourth-order valence-electron chi connectivity index (χ4n) is 2.45. The van der Waals surface area contributed by atoms with Gasteiger partial charge in [-0.25, -0.2) is 4.98 Å². The molecule has 0 unspecified atom stereocenters. The van der Waals surface area contributed by atoms with Gasteiger partial charge in [0.15, 0.2) is 0 Å². The second-order valence-corrected chi connectivity index (χ2v) is 7.69. The highest BCUT2D eigenvalue weighted by atomic mass is 32.2. The van der Waals surface area contributed by atoms with E-state index in [1.807, 2.05) is 23.9 Å². The lowest BCUT2D eigenvalue weighted by Crippen LogP contribution is -2.17. The van der Waals surface area contributed by atoms with Gasteiger partial charge >= 0.3 is 0 Å². The van der Waals surface area contributed by atoms with Gasteiger partial charge in [-0.05, 0) is 42.3 Å². The largest absolute Gasteiger partial charge is 0.497 e. The molecule has 0 radical (unpaired) electrons. The lowest BCUT2D eigenvalue weighted by molar-refractivity contribution is 0.414. The second kappa shape index (κ2) is 6.89. The van der Waals surface area contributed by atoms with Gasteiger partial charge in [0.2, 0.25) is 0 Å². The number of H-pyrrole nitrogens is 1. The number of imidazole rings is 1. The molecule has 0 aliphatic carbocycles. The maximum absolute atomic E-state index is 5.20. The highest BCUT2D eigenvalue weighted by molar-refractivity contribution is 7.98. The number of aromatic amines is 1. The van der Waals surface area contributed by atoms with Gasteiger partial charge in [0, 0.05) is 16.1 Å². The molecule has 1 aromatic heterocycles. The normalized spacial score (nSPS) is 11.8. The third-order valence-corrected chi connectivity index (χ3v) is 5.61. The highest BCUT2D eigenvalue weighted by Crippen LogP contribution is 2.29. The second-order valence-electron chi connectivity index (χ2n) is 6.64. The van der Waals surface area contributed by atoms with Gasteiger partial charge in [-0.3, -0.25) is 0 Å². The number of hydrogen-bond donors (Lipinski definition) is 1. The summed E-state index contributed by atoms with van der Waals surface area (Å²) < 4.78 is 5.20. The molecule has 0 saturated heterocycles. The van der Waals surface area contributed by atoms with E-state index < -0.39 is 0 Å². The zero-order chi connectivity index (χ0) is 17.2. The quantitative estimate of drug-likeness (QED) is 0.598. The number of rotatable bonds is 6. The standard InChI is InChI=1S/C20H24N2OS/c1-5-20(2,3)19-21-17-11-10-16(12-18(17)22-19)24-13-14-6-8-15(23-4)9-7-14/h6-12H,5,13H2,1-4H3,(H,21,22). The molecule has 0 spiro atoms. The number of ether oxygens (including phenoxy) is 1. The first-order valence-corrected chi connectivity index (χ1v) is 9.26. The van der Waals surface area contributed by atoms with Crippen LogP contribution in [0, 0.1) is 0 Å². The lowest BCUT2D eigenvalue weighted by Gasteiger charge is -2.18. The Kier molecular flexibility index (Phi) is 4.86. The molecule has 0 atom stereocenters. The maximum Gasteiger partial charge on any atom is 0.118 e. The van der Waals surface area contributed by atoms with Crippen LogP contribution in [0.2, 0.25) is 0 Å². The predicted octanol–water partition coefficient (Wildman–Crippen LogP) is 5.55. The number of aromatic nitrogens is 2. The van der Waals surface area contributed by atoms with Crippen LogP contribution in [0.25, 0.3) is 11.0 Å². The van der Waals surface area contributed by atoms with E-state index in [2.05, 4.69) is 56.1 Å². The molecule has 2 aromatic carbocycles. The topological polar surface area (TPSA) is 37.9 Å². The average molecular weight is 340 g/mol. The Morgan fingerprint density at radius 3 is 2.54 bits per heavy atom. The minimum atomic E-state index is 0.0788. The summed E-state index contributed by atoms with van der Waals surface area (Å²) in [6, 6.07) is 14.7. The van der Waals surface area contributed by atoms with Crippen LogP contribution in [-0.4, -0.2) is 17.1 Å². The zero-order valence-corrected chi connectivity index (χ0v) is 15.5. The van der Waals surface area contributed by atoms with Crippen molar-refractivity contribution in [1.29, 1.82) is 0 Å². The highest BCUT2D eigenvalue weighted by Gasteiger charge is 2.22. The van der Waals surface area contributed by atoms with Gasteiger partial charge < -0.3 is 9.72 Å². The third-order valence-electron chi connectivity index (χ3n) is 4.54. The summed E-state index contributed by atoms with van der Waals surface area (Å²) >= 11 is 1.83. The van der Waals surface area contributed by atoms with Crippen molar-refractivity contribution in [2.24, 2.45) is 0 Å². The van der Waals surface area contributed by atoms with Crippen LogP contribution >= 0.6 is 11.8 Å². The van der Waals surface area contributed by atoms with Gasteiger partial charge in [-0.2, -0.15) is 0 Å². The molecule has 1 N–H and O–H groups in total. The Morgan fingerprint density at radius 1 is 1.12 bits per heavy atom. The Morgan fingerprint density at radius 2 is 1.88 bits per heavy atom. The van der Waals surface area contributed by atoms with Gasteiger partial charge in [0.25, 0.3) is 0 Å². The van der Waals surface area contributed by atoms with Crippen LogP contribution in [-0.2, 0) is 11.2 Å². The van der Waals surface area contributed by atoms with Crippen molar-refractivity contribution in [3.63, 3.8) is 0 Å². The Bertz CT molecular complexity index is 821. The summed E-state index contributed by atoms with van der Waals surface area (Å²) in [5.41, 5.74) is 3.53. The number of hydrogen-bond acceptors (Lipinski definition) is 3. The molecule has 3 rings (SSSR count). The Labute approximate surface area is 147 Å². The van der Waals surface area contributed by atoms with Crippen LogP contribution in [0.15, 0.2) is 47.4 Å². The molecule has 1 heterocycles. The average Bonchev–Trinajstić information content (AvgIpc) is 3.04. The fourth-order valence-corrected chi connectivity index (χ4v) is 3.34. The molecule has 0 bridgehead atoms. The molecule has 0 aliphatic heterocycles. The molecule has 3 nitrogen and oxygen atoms in total. The van der Waals surface area contributed by atoms with Crippen molar-refractivity contribution in [2.45, 2.75) is 43.3 Å². The van der Waals surface area contributed by atoms with E-state index in [1.165, 1.54) is 10.5 Å². The summed E-state index contributed by atoms with van der Waals surface area (Å²) in [6.07, 6.45) is 1.06. The molecule has 0 aliphatic rings. The van der Waals surface area contributed by atoms with Crippen molar-refractivity contribution in [2.75, 3.05) is 7.11 Å². The third kappa shape index (κ3) is 3.59. The van der Waals surface area contributed by atoms with Crippen molar-refractivity contribution in [3.8, 4) is 5.75 Å². The molecule has 24 heavy (non-hydrogen) atoms. The summed E-state index contributed by atoms with van der Waals surface area (Å²) in [5, 5.41) is 0. The first-order valence-electron chi connectivity index (χ1n) is 8.28. The molecular weight excluding hydrogens is 316 g/mol. The van der Waals surface area contributed by atoms with E-state index in [-0.39, 0.29) is 5.41 Å². The van der Waals surface area contributed by atoms with Crippen molar-refractivity contribution < 1.29 is 4.74 Å². The van der Waals surface area contributed by atoms with E-state index in [9.17, 15) is 0 Å². The Balaban J connectivity index is 1.75. The zero-order valence-electron chi connectivity index (χ0n) is 14.7. The van der Waals surface area contributed by atoms with Crippen molar-refractivity contribution >= 4 is 22.8 Å². The summed E-state index contributed by atoms with van der Waals surface area (Å²) in [4.78, 5) is 9.52. The first-order chi connectivity index (χ1) is 11.5. The van der Waals surface area contributed by atoms with Crippen molar-refractivity contribution in [1.82, 2.24) is 9.97 Å². The minimum Gasteiger partial charge on any atom is -0.497 e. The molecule has 126 valence electrons. The van der Waals surface area contributed by atoms with Gasteiger partial charge in [0.05, 0.1) is 18.1 Å². The first kappa shape index (κ1) is 16.9. The van der Waals surface area contributed by atoms with Gasteiger partial charge in [-0.15, -0.1) is 11.8 Å². The van der Waals surface area contributed by atoms with E-state index in [0.29, 0.717) is 0 Å². The maximum atomic E-state index is 5.20. The number of methoxy groups -OCH3 is 1.